The largest absolute Gasteiger partial charge is 0.491 e. The average Bonchev–Trinajstić information content (AvgIpc) is 2.52. The maximum absolute atomic E-state index is 11.7. The maximum Gasteiger partial charge on any atom is 0.321 e. The summed E-state index contributed by atoms with van der Waals surface area (Å²) in [5.74, 6) is 0.682. The lowest BCUT2D eigenvalue weighted by Gasteiger charge is -2.18. The number of amides is 2. The summed E-state index contributed by atoms with van der Waals surface area (Å²) >= 11 is 0. The maximum atomic E-state index is 11.7. The number of carbonyl (C=O) groups excluding carboxylic acids is 1. The molecule has 1 aromatic rings. The summed E-state index contributed by atoms with van der Waals surface area (Å²) in [7, 11) is 3.37. The Labute approximate surface area is 144 Å². The van der Waals surface area contributed by atoms with Crippen LogP contribution in [0.4, 0.5) is 10.5 Å². The van der Waals surface area contributed by atoms with Crippen LogP contribution < -0.4 is 15.4 Å². The van der Waals surface area contributed by atoms with Crippen molar-refractivity contribution in [1.29, 1.82) is 0 Å². The fourth-order valence-corrected chi connectivity index (χ4v) is 1.96. The van der Waals surface area contributed by atoms with Gasteiger partial charge in [-0.25, -0.2) is 4.79 Å². The summed E-state index contributed by atoms with van der Waals surface area (Å²) in [5, 5.41) is 15.9. The number of hydrogen-bond donors (Lipinski definition) is 3. The summed E-state index contributed by atoms with van der Waals surface area (Å²) in [5.41, 5.74) is 1.60. The van der Waals surface area contributed by atoms with E-state index in [1.807, 2.05) is 19.9 Å². The number of ether oxygens (including phenoxy) is 1. The summed E-state index contributed by atoms with van der Waals surface area (Å²) in [6, 6.07) is 5.56. The lowest BCUT2D eigenvalue weighted by molar-refractivity contribution is 0.104. The summed E-state index contributed by atoms with van der Waals surface area (Å²) in [6.07, 6.45) is 1.80. The Morgan fingerprint density at radius 2 is 2.12 bits per heavy atom. The SMILES string of the molecule is C=CCc1cc(NC(=O)N(C)C)ccc1OCC(O)CNC(C)C. The first kappa shape index (κ1) is 20.0. The number of hydrogen-bond acceptors (Lipinski definition) is 4. The molecule has 24 heavy (non-hydrogen) atoms. The lowest BCUT2D eigenvalue weighted by Crippen LogP contribution is -2.35. The highest BCUT2D eigenvalue weighted by Crippen LogP contribution is 2.24. The minimum atomic E-state index is -0.586. The zero-order valence-corrected chi connectivity index (χ0v) is 15.0. The van der Waals surface area contributed by atoms with Crippen molar-refractivity contribution in [2.45, 2.75) is 32.4 Å². The minimum Gasteiger partial charge on any atom is -0.491 e. The third kappa shape index (κ3) is 7.02. The van der Waals surface area contributed by atoms with Gasteiger partial charge in [-0.1, -0.05) is 19.9 Å². The molecule has 0 spiro atoms. The van der Waals surface area contributed by atoms with E-state index in [1.165, 1.54) is 4.90 Å². The molecule has 2 amide bonds. The zero-order chi connectivity index (χ0) is 18.1. The van der Waals surface area contributed by atoms with Crippen LogP contribution in [-0.2, 0) is 6.42 Å². The van der Waals surface area contributed by atoms with Crippen molar-refractivity contribution < 1.29 is 14.6 Å². The molecule has 1 aromatic carbocycles. The first-order chi connectivity index (χ1) is 11.3. The molecule has 6 nitrogen and oxygen atoms in total. The fraction of sp³-hybridized carbons (Fsp3) is 0.500. The fourth-order valence-electron chi connectivity index (χ4n) is 1.96. The van der Waals surface area contributed by atoms with Crippen molar-refractivity contribution in [3.8, 4) is 5.75 Å². The first-order valence-electron chi connectivity index (χ1n) is 8.09. The van der Waals surface area contributed by atoms with E-state index in [0.717, 1.165) is 5.56 Å². The molecule has 0 aliphatic heterocycles. The molecule has 0 radical (unpaired) electrons. The van der Waals surface area contributed by atoms with Gasteiger partial charge in [-0.3, -0.25) is 0 Å². The molecule has 0 heterocycles. The topological polar surface area (TPSA) is 73.8 Å². The van der Waals surface area contributed by atoms with E-state index >= 15 is 0 Å². The van der Waals surface area contributed by atoms with Gasteiger partial charge in [0.25, 0.3) is 0 Å². The second kappa shape index (κ2) is 9.95. The third-order valence-corrected chi connectivity index (χ3v) is 3.28. The molecule has 0 fully saturated rings. The first-order valence-corrected chi connectivity index (χ1v) is 8.09. The van der Waals surface area contributed by atoms with Crippen LogP contribution in [0.15, 0.2) is 30.9 Å². The number of anilines is 1. The summed E-state index contributed by atoms with van der Waals surface area (Å²) < 4.78 is 5.73. The van der Waals surface area contributed by atoms with E-state index in [4.69, 9.17) is 4.74 Å². The van der Waals surface area contributed by atoms with Gasteiger partial charge in [-0.05, 0) is 30.2 Å². The van der Waals surface area contributed by atoms with Crippen molar-refractivity contribution in [3.63, 3.8) is 0 Å². The van der Waals surface area contributed by atoms with E-state index < -0.39 is 6.10 Å². The van der Waals surface area contributed by atoms with Gasteiger partial charge in [-0.15, -0.1) is 6.58 Å². The van der Waals surface area contributed by atoms with Gasteiger partial charge in [0.15, 0.2) is 0 Å². The average molecular weight is 335 g/mol. The predicted molar refractivity (Wildman–Crippen MR) is 97.7 cm³/mol. The van der Waals surface area contributed by atoms with Crippen LogP contribution in [0.1, 0.15) is 19.4 Å². The molecular weight excluding hydrogens is 306 g/mol. The zero-order valence-electron chi connectivity index (χ0n) is 15.0. The molecule has 0 saturated carbocycles. The number of aliphatic hydroxyl groups is 1. The molecule has 3 N–H and O–H groups in total. The van der Waals surface area contributed by atoms with Gasteiger partial charge in [0.2, 0.25) is 0 Å². The van der Waals surface area contributed by atoms with E-state index in [9.17, 15) is 9.90 Å². The number of benzene rings is 1. The van der Waals surface area contributed by atoms with Crippen molar-refractivity contribution in [1.82, 2.24) is 10.2 Å². The van der Waals surface area contributed by atoms with Crippen molar-refractivity contribution in [2.24, 2.45) is 0 Å². The lowest BCUT2D eigenvalue weighted by atomic mass is 10.1. The Bertz CT molecular complexity index is 544. The van der Waals surface area contributed by atoms with Crippen molar-refractivity contribution >= 4 is 11.7 Å². The van der Waals surface area contributed by atoms with Gasteiger partial charge in [0.1, 0.15) is 18.5 Å². The normalized spacial score (nSPS) is 11.9. The molecule has 0 saturated heterocycles. The number of aliphatic hydroxyl groups excluding tert-OH is 1. The van der Waals surface area contributed by atoms with E-state index in [2.05, 4.69) is 17.2 Å². The van der Waals surface area contributed by atoms with Gasteiger partial charge >= 0.3 is 6.03 Å². The van der Waals surface area contributed by atoms with E-state index in [1.54, 1.807) is 32.3 Å². The third-order valence-electron chi connectivity index (χ3n) is 3.28. The van der Waals surface area contributed by atoms with Gasteiger partial charge in [0, 0.05) is 32.4 Å². The Balaban J connectivity index is 2.72. The molecule has 1 unspecified atom stereocenters. The minimum absolute atomic E-state index is 0.191. The Morgan fingerprint density at radius 3 is 2.71 bits per heavy atom. The number of urea groups is 1. The van der Waals surface area contributed by atoms with Crippen molar-refractivity contribution in [3.05, 3.63) is 36.4 Å². The second-order valence-corrected chi connectivity index (χ2v) is 6.17. The molecule has 0 bridgehead atoms. The van der Waals surface area contributed by atoms with E-state index in [-0.39, 0.29) is 12.6 Å². The van der Waals surface area contributed by atoms with Crippen molar-refractivity contribution in [2.75, 3.05) is 32.6 Å². The number of carbonyl (C=O) groups is 1. The standard InChI is InChI=1S/C18H29N3O3/c1-6-7-14-10-15(20-18(23)21(4)5)8-9-17(14)24-12-16(22)11-19-13(2)3/h6,8-10,13,16,19,22H,1,7,11-12H2,2-5H3,(H,20,23). The van der Waals surface area contributed by atoms with Crippen LogP contribution in [-0.4, -0.2) is 55.4 Å². The highest BCUT2D eigenvalue weighted by Gasteiger charge is 2.11. The van der Waals surface area contributed by atoms with E-state index in [0.29, 0.717) is 30.4 Å². The predicted octanol–water partition coefficient (Wildman–Crippen LogP) is 2.25. The molecule has 0 aromatic heterocycles. The monoisotopic (exact) mass is 335 g/mol. The molecule has 1 atom stereocenters. The highest BCUT2D eigenvalue weighted by molar-refractivity contribution is 5.89. The summed E-state index contributed by atoms with van der Waals surface area (Å²) in [4.78, 5) is 13.2. The van der Waals surface area contributed by atoms with Crippen LogP contribution in [0.5, 0.6) is 5.75 Å². The highest BCUT2D eigenvalue weighted by atomic mass is 16.5. The van der Waals surface area contributed by atoms with Gasteiger partial charge in [0.05, 0.1) is 0 Å². The number of nitrogens with one attached hydrogen (secondary N) is 2. The smallest absolute Gasteiger partial charge is 0.321 e. The van der Waals surface area contributed by atoms with Gasteiger partial charge < -0.3 is 25.4 Å². The molecule has 0 aliphatic rings. The molecule has 134 valence electrons. The second-order valence-electron chi connectivity index (χ2n) is 6.17. The Hall–Kier alpha value is -2.05. The Morgan fingerprint density at radius 1 is 1.42 bits per heavy atom. The Kier molecular flexibility index (Phi) is 8.29. The quantitative estimate of drug-likeness (QED) is 0.605. The van der Waals surface area contributed by atoms with Gasteiger partial charge in [-0.2, -0.15) is 0 Å². The molecule has 6 heteroatoms. The molecule has 1 rings (SSSR count). The number of rotatable bonds is 9. The number of allylic oxidation sites excluding steroid dienone is 1. The van der Waals surface area contributed by atoms with Crippen LogP contribution in [0, 0.1) is 0 Å². The molecular formula is C18H29N3O3. The van der Waals surface area contributed by atoms with Crippen LogP contribution >= 0.6 is 0 Å². The number of nitrogens with zero attached hydrogens (tertiary/aromatic N) is 1. The van der Waals surface area contributed by atoms with Crippen LogP contribution in [0.3, 0.4) is 0 Å². The van der Waals surface area contributed by atoms with Crippen LogP contribution in [0.25, 0.3) is 0 Å². The summed E-state index contributed by atoms with van der Waals surface area (Å²) in [6.45, 7) is 8.48. The van der Waals surface area contributed by atoms with Crippen LogP contribution in [0.2, 0.25) is 0 Å². The molecule has 0 aliphatic carbocycles.